The minimum Gasteiger partial charge on any atom is -0.480 e. The highest BCUT2D eigenvalue weighted by atomic mass is 16.6. The van der Waals surface area contributed by atoms with E-state index in [1.54, 1.807) is 12.1 Å². The van der Waals surface area contributed by atoms with E-state index >= 15 is 0 Å². The third-order valence-electron chi connectivity index (χ3n) is 3.56. The molecule has 0 bridgehead atoms. The zero-order valence-electron chi connectivity index (χ0n) is 14.1. The lowest BCUT2D eigenvalue weighted by Gasteiger charge is -2.13. The number of carboxylic acids is 1. The monoisotopic (exact) mass is 345 g/mol. The van der Waals surface area contributed by atoms with E-state index in [2.05, 4.69) is 15.6 Å². The Morgan fingerprint density at radius 1 is 1.12 bits per heavy atom. The highest BCUT2D eigenvalue weighted by Crippen LogP contribution is 2.26. The van der Waals surface area contributed by atoms with E-state index in [4.69, 9.17) is 5.11 Å². The van der Waals surface area contributed by atoms with Crippen LogP contribution in [0.5, 0.6) is 0 Å². The van der Waals surface area contributed by atoms with Crippen LogP contribution >= 0.6 is 0 Å². The highest BCUT2D eigenvalue weighted by molar-refractivity contribution is 6.23. The van der Waals surface area contributed by atoms with Crippen molar-refractivity contribution in [2.45, 2.75) is 0 Å². The van der Waals surface area contributed by atoms with E-state index in [1.807, 2.05) is 37.2 Å². The van der Waals surface area contributed by atoms with Crippen molar-refractivity contribution in [3.8, 4) is 0 Å². The SMILES string of the molecule is CN(C)c1ccc2cc3c(cc2c1)C(=O)NC3=O.CONCC(=O)O. The molecule has 0 fully saturated rings. The Kier molecular flexibility index (Phi) is 5.68. The van der Waals surface area contributed by atoms with Gasteiger partial charge in [0.1, 0.15) is 6.54 Å². The minimum atomic E-state index is -0.929. The predicted octanol–water partition coefficient (Wildman–Crippen LogP) is 1.01. The van der Waals surface area contributed by atoms with Crippen LogP contribution in [0.1, 0.15) is 20.7 Å². The molecule has 0 spiro atoms. The summed E-state index contributed by atoms with van der Waals surface area (Å²) < 4.78 is 0. The summed E-state index contributed by atoms with van der Waals surface area (Å²) in [6.45, 7) is -0.156. The summed E-state index contributed by atoms with van der Waals surface area (Å²) in [5.74, 6) is -1.55. The second kappa shape index (κ2) is 7.73. The molecule has 2 aromatic rings. The van der Waals surface area contributed by atoms with Gasteiger partial charge in [0, 0.05) is 19.8 Å². The molecule has 0 radical (unpaired) electrons. The van der Waals surface area contributed by atoms with Gasteiger partial charge in [-0.1, -0.05) is 6.07 Å². The first-order chi connectivity index (χ1) is 11.8. The van der Waals surface area contributed by atoms with Crippen molar-refractivity contribution < 1.29 is 24.3 Å². The average Bonchev–Trinajstić information content (AvgIpc) is 2.85. The van der Waals surface area contributed by atoms with Crippen LogP contribution in [0.4, 0.5) is 5.69 Å². The van der Waals surface area contributed by atoms with Crippen LogP contribution in [0.15, 0.2) is 30.3 Å². The summed E-state index contributed by atoms with van der Waals surface area (Å²) in [7, 11) is 5.29. The highest BCUT2D eigenvalue weighted by Gasteiger charge is 2.26. The first kappa shape index (κ1) is 18.4. The Labute approximate surface area is 144 Å². The molecule has 3 N–H and O–H groups in total. The molecule has 1 aliphatic heterocycles. The Hall–Kier alpha value is -2.97. The number of imide groups is 1. The second-order valence-electron chi connectivity index (χ2n) is 5.53. The molecule has 0 saturated carbocycles. The zero-order chi connectivity index (χ0) is 18.6. The number of aliphatic carboxylic acids is 1. The topological polar surface area (TPSA) is 108 Å². The van der Waals surface area contributed by atoms with Crippen LogP contribution in [-0.4, -0.2) is 50.6 Å². The molecule has 2 amide bonds. The van der Waals surface area contributed by atoms with Gasteiger partial charge in [-0.3, -0.25) is 19.7 Å². The third-order valence-corrected chi connectivity index (χ3v) is 3.56. The Bertz CT molecular complexity index is 832. The fourth-order valence-electron chi connectivity index (χ4n) is 2.31. The van der Waals surface area contributed by atoms with E-state index in [0.29, 0.717) is 11.1 Å². The smallest absolute Gasteiger partial charge is 0.319 e. The van der Waals surface area contributed by atoms with Crippen LogP contribution in [-0.2, 0) is 9.63 Å². The van der Waals surface area contributed by atoms with Gasteiger partial charge in [0.15, 0.2) is 0 Å². The Morgan fingerprint density at radius 2 is 1.72 bits per heavy atom. The summed E-state index contributed by atoms with van der Waals surface area (Å²) in [5.41, 5.74) is 4.13. The van der Waals surface area contributed by atoms with Crippen LogP contribution in [0.3, 0.4) is 0 Å². The van der Waals surface area contributed by atoms with E-state index in [9.17, 15) is 14.4 Å². The molecule has 25 heavy (non-hydrogen) atoms. The van der Waals surface area contributed by atoms with Crippen molar-refractivity contribution >= 4 is 34.2 Å². The zero-order valence-corrected chi connectivity index (χ0v) is 14.1. The fraction of sp³-hybridized carbons (Fsp3) is 0.235. The number of carboxylic acid groups (broad SMARTS) is 1. The molecule has 2 aromatic carbocycles. The van der Waals surface area contributed by atoms with Gasteiger partial charge in [-0.15, -0.1) is 0 Å². The number of hydrogen-bond donors (Lipinski definition) is 3. The molecule has 0 aromatic heterocycles. The van der Waals surface area contributed by atoms with E-state index in [1.165, 1.54) is 7.11 Å². The summed E-state index contributed by atoms with van der Waals surface area (Å²) >= 11 is 0. The number of amides is 2. The van der Waals surface area contributed by atoms with Gasteiger partial charge in [-0.05, 0) is 35.0 Å². The van der Waals surface area contributed by atoms with Crippen LogP contribution in [0.2, 0.25) is 0 Å². The Balaban J connectivity index is 0.000000277. The quantitative estimate of drug-likeness (QED) is 0.561. The number of nitrogens with zero attached hydrogens (tertiary/aromatic N) is 1. The van der Waals surface area contributed by atoms with Crippen molar-refractivity contribution in [3.05, 3.63) is 41.5 Å². The van der Waals surface area contributed by atoms with Gasteiger partial charge >= 0.3 is 5.97 Å². The lowest BCUT2D eigenvalue weighted by atomic mass is 10.0. The number of anilines is 1. The maximum Gasteiger partial charge on any atom is 0.319 e. The molecule has 132 valence electrons. The van der Waals surface area contributed by atoms with E-state index in [-0.39, 0.29) is 18.4 Å². The number of carbonyl (C=O) groups is 3. The maximum atomic E-state index is 11.6. The van der Waals surface area contributed by atoms with E-state index in [0.717, 1.165) is 16.5 Å². The van der Waals surface area contributed by atoms with Gasteiger partial charge in [-0.25, -0.2) is 0 Å². The fourth-order valence-corrected chi connectivity index (χ4v) is 2.31. The normalized spacial score (nSPS) is 12.3. The number of hydrogen-bond acceptors (Lipinski definition) is 6. The molecule has 8 heteroatoms. The van der Waals surface area contributed by atoms with Crippen molar-refractivity contribution in [2.24, 2.45) is 0 Å². The molecule has 0 unspecified atom stereocenters. The summed E-state index contributed by atoms with van der Waals surface area (Å²) in [6.07, 6.45) is 0. The van der Waals surface area contributed by atoms with Crippen molar-refractivity contribution in [1.82, 2.24) is 10.8 Å². The van der Waals surface area contributed by atoms with Crippen molar-refractivity contribution in [3.63, 3.8) is 0 Å². The maximum absolute atomic E-state index is 11.6. The lowest BCUT2D eigenvalue weighted by molar-refractivity contribution is -0.138. The number of fused-ring (bicyclic) bond motifs is 2. The van der Waals surface area contributed by atoms with Crippen LogP contribution in [0.25, 0.3) is 10.8 Å². The number of carbonyl (C=O) groups excluding carboxylic acids is 2. The first-order valence-electron chi connectivity index (χ1n) is 7.42. The van der Waals surface area contributed by atoms with Gasteiger partial charge < -0.3 is 14.8 Å². The second-order valence-corrected chi connectivity index (χ2v) is 5.53. The van der Waals surface area contributed by atoms with Gasteiger partial charge in [0.25, 0.3) is 11.8 Å². The van der Waals surface area contributed by atoms with Crippen LogP contribution in [0, 0.1) is 0 Å². The lowest BCUT2D eigenvalue weighted by Crippen LogP contribution is -2.20. The Morgan fingerprint density at radius 3 is 2.20 bits per heavy atom. The van der Waals surface area contributed by atoms with Gasteiger partial charge in [0.2, 0.25) is 0 Å². The molecular formula is C17H19N3O5. The van der Waals surface area contributed by atoms with Crippen LogP contribution < -0.4 is 15.7 Å². The summed E-state index contributed by atoms with van der Waals surface area (Å²) in [6, 6.07) is 9.50. The number of rotatable bonds is 4. The molecule has 3 rings (SSSR count). The van der Waals surface area contributed by atoms with Crippen molar-refractivity contribution in [1.29, 1.82) is 0 Å². The van der Waals surface area contributed by atoms with E-state index < -0.39 is 5.97 Å². The number of hydroxylamine groups is 1. The molecular weight excluding hydrogens is 326 g/mol. The average molecular weight is 345 g/mol. The molecule has 8 nitrogen and oxygen atoms in total. The molecule has 1 heterocycles. The molecule has 0 aliphatic carbocycles. The standard InChI is InChI=1S/C14H12N2O2.C3H7NO3/c1-16(2)10-4-3-8-6-11-12(7-9(8)5-10)14(18)15-13(11)17;1-7-4-2-3(5)6/h3-7H,1-2H3,(H,15,17,18);4H,2H2,1H3,(H,5,6). The van der Waals surface area contributed by atoms with Crippen molar-refractivity contribution in [2.75, 3.05) is 32.6 Å². The molecule has 0 saturated heterocycles. The first-order valence-corrected chi connectivity index (χ1v) is 7.42. The summed E-state index contributed by atoms with van der Waals surface area (Å²) in [5, 5.41) is 12.1. The number of nitrogens with one attached hydrogen (secondary N) is 2. The third kappa shape index (κ3) is 4.31. The summed E-state index contributed by atoms with van der Waals surface area (Å²) in [4.78, 5) is 39.0. The largest absolute Gasteiger partial charge is 0.480 e. The number of benzene rings is 2. The minimum absolute atomic E-state index is 0.156. The molecule has 1 aliphatic rings. The van der Waals surface area contributed by atoms with Gasteiger partial charge in [-0.2, -0.15) is 5.48 Å². The van der Waals surface area contributed by atoms with Gasteiger partial charge in [0.05, 0.1) is 18.2 Å². The molecule has 0 atom stereocenters. The predicted molar refractivity (Wildman–Crippen MR) is 92.7 cm³/mol.